The molecule has 1 saturated carbocycles. The fraction of sp³-hybridized carbons (Fsp3) is 0.471. The Bertz CT molecular complexity index is 689. The molecule has 2 N–H and O–H groups in total. The maximum atomic E-state index is 12.4. The fourth-order valence-corrected chi connectivity index (χ4v) is 4.33. The van der Waals surface area contributed by atoms with Crippen molar-refractivity contribution in [1.29, 1.82) is 0 Å². The van der Waals surface area contributed by atoms with Gasteiger partial charge in [0.2, 0.25) is 0 Å². The zero-order valence-corrected chi connectivity index (χ0v) is 14.6. The van der Waals surface area contributed by atoms with Gasteiger partial charge in [-0.25, -0.2) is 0 Å². The van der Waals surface area contributed by atoms with Crippen molar-refractivity contribution in [2.45, 2.75) is 43.3 Å². The Labute approximate surface area is 146 Å². The van der Waals surface area contributed by atoms with Gasteiger partial charge in [0.25, 0.3) is 0 Å². The summed E-state index contributed by atoms with van der Waals surface area (Å²) in [7, 11) is 0. The summed E-state index contributed by atoms with van der Waals surface area (Å²) in [5.74, 6) is -1.89. The van der Waals surface area contributed by atoms with Gasteiger partial charge in [0.15, 0.2) is 0 Å². The number of rotatable bonds is 3. The van der Waals surface area contributed by atoms with Crippen LogP contribution < -0.4 is 10.6 Å². The van der Waals surface area contributed by atoms with Gasteiger partial charge in [0, 0.05) is 28.2 Å². The van der Waals surface area contributed by atoms with E-state index in [1.54, 1.807) is 0 Å². The second-order valence-corrected chi connectivity index (χ2v) is 7.27. The first kappa shape index (κ1) is 17.3. The molecule has 130 valence electrons. The number of anilines is 1. The minimum atomic E-state index is -4.85. The van der Waals surface area contributed by atoms with Crippen molar-refractivity contribution in [2.24, 2.45) is 0 Å². The number of carbonyl (C=O) groups excluding carboxylic acids is 1. The molecule has 1 aliphatic carbocycles. The van der Waals surface area contributed by atoms with Crippen LogP contribution in [0.25, 0.3) is 0 Å². The molecule has 3 rings (SSSR count). The highest BCUT2D eigenvalue weighted by atomic mass is 79.9. The zero-order chi connectivity index (χ0) is 17.5. The van der Waals surface area contributed by atoms with Crippen molar-refractivity contribution in [2.75, 3.05) is 11.9 Å². The molecule has 0 aromatic heterocycles. The van der Waals surface area contributed by atoms with Gasteiger partial charge in [0.1, 0.15) is 0 Å². The summed E-state index contributed by atoms with van der Waals surface area (Å²) < 4.78 is 38.1. The van der Waals surface area contributed by atoms with Crippen LogP contribution in [0.5, 0.6) is 0 Å². The van der Waals surface area contributed by atoms with E-state index in [2.05, 4.69) is 27.8 Å². The molecule has 24 heavy (non-hydrogen) atoms. The smallest absolute Gasteiger partial charge is 0.381 e. The number of halogens is 4. The first-order valence-electron chi connectivity index (χ1n) is 7.85. The van der Waals surface area contributed by atoms with Crippen LogP contribution in [-0.2, 0) is 10.2 Å². The Morgan fingerprint density at radius 3 is 2.92 bits per heavy atom. The lowest BCUT2D eigenvalue weighted by atomic mass is 9.63. The van der Waals surface area contributed by atoms with Crippen LogP contribution >= 0.6 is 15.9 Å². The minimum Gasteiger partial charge on any atom is -0.381 e. The fourth-order valence-electron chi connectivity index (χ4n) is 3.97. The first-order chi connectivity index (χ1) is 11.2. The van der Waals surface area contributed by atoms with Gasteiger partial charge in [-0.2, -0.15) is 13.2 Å². The summed E-state index contributed by atoms with van der Waals surface area (Å²) in [5, 5.41) is 5.49. The second kappa shape index (κ2) is 6.10. The van der Waals surface area contributed by atoms with Crippen molar-refractivity contribution in [1.82, 2.24) is 5.32 Å². The maximum absolute atomic E-state index is 12.4. The lowest BCUT2D eigenvalue weighted by Crippen LogP contribution is -2.46. The number of hydrogen-bond acceptors (Lipinski definition) is 2. The molecule has 2 atom stereocenters. The van der Waals surface area contributed by atoms with E-state index in [1.165, 1.54) is 0 Å². The highest BCUT2D eigenvalue weighted by molar-refractivity contribution is 9.10. The van der Waals surface area contributed by atoms with Crippen LogP contribution in [0.3, 0.4) is 0 Å². The maximum Gasteiger partial charge on any atom is 0.471 e. The molecule has 1 heterocycles. The molecule has 1 aliphatic heterocycles. The molecule has 1 amide bonds. The van der Waals surface area contributed by atoms with Crippen molar-refractivity contribution >= 4 is 27.5 Å². The van der Waals surface area contributed by atoms with Gasteiger partial charge in [-0.1, -0.05) is 28.1 Å². The third-order valence-corrected chi connectivity index (χ3v) is 5.54. The highest BCUT2D eigenvalue weighted by Gasteiger charge is 2.50. The van der Waals surface area contributed by atoms with E-state index in [-0.39, 0.29) is 12.6 Å². The molecule has 1 fully saturated rings. The Morgan fingerprint density at radius 2 is 2.21 bits per heavy atom. The number of carbonyl (C=O) groups is 1. The van der Waals surface area contributed by atoms with Crippen molar-refractivity contribution in [3.05, 3.63) is 40.4 Å². The van der Waals surface area contributed by atoms with Crippen LogP contribution in [-0.4, -0.2) is 24.7 Å². The molecule has 0 radical (unpaired) electrons. The van der Waals surface area contributed by atoms with E-state index in [9.17, 15) is 18.0 Å². The Morgan fingerprint density at radius 1 is 1.46 bits per heavy atom. The van der Waals surface area contributed by atoms with E-state index in [0.29, 0.717) is 6.42 Å². The topological polar surface area (TPSA) is 41.1 Å². The van der Waals surface area contributed by atoms with Crippen molar-refractivity contribution in [3.63, 3.8) is 0 Å². The lowest BCUT2D eigenvalue weighted by molar-refractivity contribution is -0.173. The monoisotopic (exact) mass is 402 g/mol. The Kier molecular flexibility index (Phi) is 4.40. The molecule has 0 bridgehead atoms. The molecule has 2 aliphatic rings. The summed E-state index contributed by atoms with van der Waals surface area (Å²) in [5.41, 5.74) is 2.63. The normalized spacial score (nSPS) is 25.7. The van der Waals surface area contributed by atoms with Crippen LogP contribution in [0.1, 0.15) is 31.2 Å². The lowest BCUT2D eigenvalue weighted by Gasteiger charge is -2.42. The van der Waals surface area contributed by atoms with E-state index in [1.807, 2.05) is 23.5 Å². The number of fused-ring (bicyclic) bond motifs is 3. The third-order valence-electron chi connectivity index (χ3n) is 5.05. The molecule has 7 heteroatoms. The van der Waals surface area contributed by atoms with Gasteiger partial charge >= 0.3 is 12.1 Å². The standard InChI is InChI=1S/C17H18BrF3N2O/c1-10-3-2-4-14-16(10,7-8-22-15(24)17(19,20)21)12-9-11(18)5-6-13(12)23-14/h5-6,9,14,23H,1-4,7-8H2,(H,22,24)/t14-,16-/m0/s1. The summed E-state index contributed by atoms with van der Waals surface area (Å²) in [6.45, 7) is 4.17. The quantitative estimate of drug-likeness (QED) is 0.740. The van der Waals surface area contributed by atoms with Gasteiger partial charge in [0.05, 0.1) is 0 Å². The van der Waals surface area contributed by atoms with Crippen LogP contribution in [0, 0.1) is 0 Å². The molecule has 0 spiro atoms. The summed E-state index contributed by atoms with van der Waals surface area (Å²) in [6, 6.07) is 6.02. The number of nitrogens with one attached hydrogen (secondary N) is 2. The minimum absolute atomic E-state index is 0.0402. The van der Waals surface area contributed by atoms with Gasteiger partial charge < -0.3 is 10.6 Å². The number of benzene rings is 1. The third kappa shape index (κ3) is 2.83. The molecule has 1 aromatic rings. The van der Waals surface area contributed by atoms with Gasteiger partial charge in [-0.3, -0.25) is 4.79 Å². The Hall–Kier alpha value is -1.50. The summed E-state index contributed by atoms with van der Waals surface area (Å²) in [4.78, 5) is 11.1. The van der Waals surface area contributed by atoms with Crippen LogP contribution in [0.15, 0.2) is 34.8 Å². The predicted octanol–water partition coefficient (Wildman–Crippen LogP) is 4.29. The average molecular weight is 403 g/mol. The van der Waals surface area contributed by atoms with Crippen LogP contribution in [0.2, 0.25) is 0 Å². The molecular formula is C17H18BrF3N2O. The van der Waals surface area contributed by atoms with Crippen LogP contribution in [0.4, 0.5) is 18.9 Å². The molecular weight excluding hydrogens is 385 g/mol. The second-order valence-electron chi connectivity index (χ2n) is 6.36. The highest BCUT2D eigenvalue weighted by Crippen LogP contribution is 2.53. The van der Waals surface area contributed by atoms with E-state index < -0.39 is 17.5 Å². The molecule has 1 aromatic carbocycles. The zero-order valence-electron chi connectivity index (χ0n) is 13.0. The van der Waals surface area contributed by atoms with Gasteiger partial charge in [-0.05, 0) is 49.4 Å². The van der Waals surface area contributed by atoms with Crippen molar-refractivity contribution in [3.8, 4) is 0 Å². The summed E-state index contributed by atoms with van der Waals surface area (Å²) >= 11 is 3.47. The molecule has 3 nitrogen and oxygen atoms in total. The van der Waals surface area contributed by atoms with Gasteiger partial charge in [-0.15, -0.1) is 0 Å². The van der Waals surface area contributed by atoms with E-state index in [0.717, 1.165) is 40.6 Å². The van der Waals surface area contributed by atoms with E-state index >= 15 is 0 Å². The summed E-state index contributed by atoms with van der Waals surface area (Å²) in [6.07, 6.45) is -1.68. The van der Waals surface area contributed by atoms with E-state index in [4.69, 9.17) is 0 Å². The molecule has 0 unspecified atom stereocenters. The number of alkyl halides is 3. The predicted molar refractivity (Wildman–Crippen MR) is 89.9 cm³/mol. The Balaban J connectivity index is 1.87. The first-order valence-corrected chi connectivity index (χ1v) is 8.64. The number of hydrogen-bond donors (Lipinski definition) is 2. The largest absolute Gasteiger partial charge is 0.471 e. The van der Waals surface area contributed by atoms with Crippen molar-refractivity contribution < 1.29 is 18.0 Å². The average Bonchev–Trinajstić information content (AvgIpc) is 2.82. The SMILES string of the molecule is C=C1CCC[C@@H]2Nc3ccc(Br)cc3[C@]12CCNC(=O)C(F)(F)F. The number of amides is 1. The molecule has 0 saturated heterocycles.